The van der Waals surface area contributed by atoms with Crippen LogP contribution >= 0.6 is 0 Å². The quantitative estimate of drug-likeness (QED) is 0.777. The molecule has 2 unspecified atom stereocenters. The Morgan fingerprint density at radius 2 is 2.18 bits per heavy atom. The Morgan fingerprint density at radius 1 is 1.53 bits per heavy atom. The van der Waals surface area contributed by atoms with E-state index in [1.54, 1.807) is 4.90 Å². The van der Waals surface area contributed by atoms with Crippen LogP contribution in [0.25, 0.3) is 0 Å². The van der Waals surface area contributed by atoms with Gasteiger partial charge < -0.3 is 10.0 Å². The van der Waals surface area contributed by atoms with E-state index in [0.717, 1.165) is 19.1 Å². The van der Waals surface area contributed by atoms with Crippen LogP contribution in [0, 0.1) is 5.92 Å². The van der Waals surface area contributed by atoms with Gasteiger partial charge in [0.25, 0.3) is 0 Å². The zero-order valence-corrected chi connectivity index (χ0v) is 11.2. The van der Waals surface area contributed by atoms with Crippen LogP contribution in [0.1, 0.15) is 26.2 Å². The van der Waals surface area contributed by atoms with Gasteiger partial charge in [0.15, 0.2) is 9.84 Å². The number of amides is 1. The lowest BCUT2D eigenvalue weighted by Crippen LogP contribution is -2.46. The normalized spacial score (nSPS) is 23.5. The third-order valence-corrected chi connectivity index (χ3v) is 4.84. The van der Waals surface area contributed by atoms with Gasteiger partial charge in [-0.2, -0.15) is 0 Å². The Hall–Kier alpha value is -0.620. The Balaban J connectivity index is 2.63. The average molecular weight is 263 g/mol. The standard InChI is InChI=1S/C11H21NO4S/c1-9(17(2,15)16)11(14)12-6-3-4-10(8-12)5-7-13/h9-10,13H,3-8H2,1-2H3. The zero-order chi connectivity index (χ0) is 13.1. The van der Waals surface area contributed by atoms with Crippen molar-refractivity contribution in [1.82, 2.24) is 4.90 Å². The van der Waals surface area contributed by atoms with Crippen molar-refractivity contribution < 1.29 is 18.3 Å². The molecule has 0 aliphatic carbocycles. The van der Waals surface area contributed by atoms with Crippen LogP contribution in [0.3, 0.4) is 0 Å². The Bertz CT molecular complexity index is 364. The van der Waals surface area contributed by atoms with Crippen molar-refractivity contribution in [2.45, 2.75) is 31.4 Å². The molecular formula is C11H21NO4S. The van der Waals surface area contributed by atoms with Gasteiger partial charge in [-0.1, -0.05) is 0 Å². The molecule has 1 saturated heterocycles. The number of aliphatic hydroxyl groups is 1. The molecule has 6 heteroatoms. The molecule has 0 aromatic rings. The first kappa shape index (κ1) is 14.4. The Labute approximate surface area is 103 Å². The molecule has 1 aliphatic rings. The first-order chi connectivity index (χ1) is 7.86. The van der Waals surface area contributed by atoms with Crippen LogP contribution in [-0.4, -0.2) is 55.5 Å². The maximum Gasteiger partial charge on any atom is 0.240 e. The molecule has 1 N–H and O–H groups in total. The second-order valence-electron chi connectivity index (χ2n) is 4.78. The SMILES string of the molecule is CC(C(=O)N1CCCC(CCO)C1)S(C)(=O)=O. The van der Waals surface area contributed by atoms with Crippen LogP contribution in [-0.2, 0) is 14.6 Å². The molecule has 1 rings (SSSR count). The number of likely N-dealkylation sites (tertiary alicyclic amines) is 1. The highest BCUT2D eigenvalue weighted by atomic mass is 32.2. The summed E-state index contributed by atoms with van der Waals surface area (Å²) in [7, 11) is -3.32. The van der Waals surface area contributed by atoms with Crippen LogP contribution in [0.15, 0.2) is 0 Å². The van der Waals surface area contributed by atoms with E-state index in [9.17, 15) is 13.2 Å². The van der Waals surface area contributed by atoms with E-state index in [4.69, 9.17) is 5.11 Å². The van der Waals surface area contributed by atoms with Crippen LogP contribution in [0.5, 0.6) is 0 Å². The number of aliphatic hydroxyl groups excluding tert-OH is 1. The highest BCUT2D eigenvalue weighted by Crippen LogP contribution is 2.20. The van der Waals surface area contributed by atoms with Crippen LogP contribution in [0.2, 0.25) is 0 Å². The van der Waals surface area contributed by atoms with Gasteiger partial charge in [-0.3, -0.25) is 4.79 Å². The highest BCUT2D eigenvalue weighted by Gasteiger charge is 2.31. The van der Waals surface area contributed by atoms with Crippen molar-refractivity contribution >= 4 is 15.7 Å². The molecule has 0 bridgehead atoms. The number of rotatable bonds is 4. The van der Waals surface area contributed by atoms with E-state index < -0.39 is 15.1 Å². The molecular weight excluding hydrogens is 242 g/mol. The topological polar surface area (TPSA) is 74.7 Å². The molecule has 100 valence electrons. The predicted octanol–water partition coefficient (Wildman–Crippen LogP) is 0.0405. The van der Waals surface area contributed by atoms with Gasteiger partial charge in [0.1, 0.15) is 5.25 Å². The number of carbonyl (C=O) groups is 1. The summed E-state index contributed by atoms with van der Waals surface area (Å²) in [6, 6.07) is 0. The predicted molar refractivity (Wildman–Crippen MR) is 65.3 cm³/mol. The Kier molecular flexibility index (Phi) is 4.94. The van der Waals surface area contributed by atoms with Crippen molar-refractivity contribution in [2.24, 2.45) is 5.92 Å². The van der Waals surface area contributed by atoms with Crippen molar-refractivity contribution in [1.29, 1.82) is 0 Å². The molecule has 5 nitrogen and oxygen atoms in total. The molecule has 17 heavy (non-hydrogen) atoms. The van der Waals surface area contributed by atoms with Gasteiger partial charge in [0.05, 0.1) is 0 Å². The third-order valence-electron chi connectivity index (χ3n) is 3.36. The van der Waals surface area contributed by atoms with Gasteiger partial charge in [-0.25, -0.2) is 8.42 Å². The lowest BCUT2D eigenvalue weighted by atomic mass is 9.95. The minimum absolute atomic E-state index is 0.119. The fraction of sp³-hybridized carbons (Fsp3) is 0.909. The number of hydrogen-bond donors (Lipinski definition) is 1. The van der Waals surface area contributed by atoms with E-state index in [-0.39, 0.29) is 12.5 Å². The first-order valence-electron chi connectivity index (χ1n) is 5.94. The molecule has 0 aromatic carbocycles. The minimum atomic E-state index is -3.32. The summed E-state index contributed by atoms with van der Waals surface area (Å²) < 4.78 is 22.7. The number of sulfone groups is 1. The van der Waals surface area contributed by atoms with Crippen molar-refractivity contribution in [2.75, 3.05) is 26.0 Å². The van der Waals surface area contributed by atoms with Gasteiger partial charge >= 0.3 is 0 Å². The summed E-state index contributed by atoms with van der Waals surface area (Å²) in [5.74, 6) is -0.0143. The Morgan fingerprint density at radius 3 is 2.71 bits per heavy atom. The van der Waals surface area contributed by atoms with Gasteiger partial charge in [0, 0.05) is 26.0 Å². The van der Waals surface area contributed by atoms with Gasteiger partial charge in [-0.05, 0) is 32.1 Å². The molecule has 1 fully saturated rings. The fourth-order valence-corrected chi connectivity index (χ4v) is 2.64. The summed E-state index contributed by atoms with van der Waals surface area (Å²) in [4.78, 5) is 13.6. The van der Waals surface area contributed by atoms with Crippen molar-refractivity contribution in [3.05, 3.63) is 0 Å². The smallest absolute Gasteiger partial charge is 0.240 e. The van der Waals surface area contributed by atoms with E-state index >= 15 is 0 Å². The summed E-state index contributed by atoms with van der Waals surface area (Å²) in [6.07, 6.45) is 3.65. The fourth-order valence-electron chi connectivity index (χ4n) is 2.12. The van der Waals surface area contributed by atoms with Gasteiger partial charge in [0.2, 0.25) is 5.91 Å². The van der Waals surface area contributed by atoms with Crippen LogP contribution in [0.4, 0.5) is 0 Å². The maximum absolute atomic E-state index is 12.0. The van der Waals surface area contributed by atoms with Gasteiger partial charge in [-0.15, -0.1) is 0 Å². The maximum atomic E-state index is 12.0. The van der Waals surface area contributed by atoms with E-state index in [1.165, 1.54) is 6.92 Å². The molecule has 1 aliphatic heterocycles. The van der Waals surface area contributed by atoms with Crippen LogP contribution < -0.4 is 0 Å². The van der Waals surface area contributed by atoms with E-state index in [1.807, 2.05) is 0 Å². The van der Waals surface area contributed by atoms with E-state index in [0.29, 0.717) is 25.4 Å². The second-order valence-corrected chi connectivity index (χ2v) is 7.14. The molecule has 1 heterocycles. The third kappa shape index (κ3) is 3.96. The lowest BCUT2D eigenvalue weighted by molar-refractivity contribution is -0.132. The lowest BCUT2D eigenvalue weighted by Gasteiger charge is -2.33. The molecule has 0 radical (unpaired) electrons. The molecule has 2 atom stereocenters. The highest BCUT2D eigenvalue weighted by molar-refractivity contribution is 7.92. The zero-order valence-electron chi connectivity index (χ0n) is 10.4. The summed E-state index contributed by atoms with van der Waals surface area (Å²) >= 11 is 0. The summed E-state index contributed by atoms with van der Waals surface area (Å²) in [5, 5.41) is 7.92. The molecule has 0 aromatic heterocycles. The summed E-state index contributed by atoms with van der Waals surface area (Å²) in [5.41, 5.74) is 0. The first-order valence-corrected chi connectivity index (χ1v) is 7.90. The number of nitrogens with zero attached hydrogens (tertiary/aromatic N) is 1. The molecule has 1 amide bonds. The largest absolute Gasteiger partial charge is 0.396 e. The molecule has 0 spiro atoms. The number of piperidine rings is 1. The molecule has 0 saturated carbocycles. The monoisotopic (exact) mass is 263 g/mol. The average Bonchev–Trinajstić information content (AvgIpc) is 2.27. The van der Waals surface area contributed by atoms with Crippen molar-refractivity contribution in [3.8, 4) is 0 Å². The summed E-state index contributed by atoms with van der Waals surface area (Å²) in [6.45, 7) is 2.75. The minimum Gasteiger partial charge on any atom is -0.396 e. The van der Waals surface area contributed by atoms with Crippen molar-refractivity contribution in [3.63, 3.8) is 0 Å². The van der Waals surface area contributed by atoms with E-state index in [2.05, 4.69) is 0 Å². The number of carbonyl (C=O) groups excluding carboxylic acids is 1. The second kappa shape index (κ2) is 5.82. The number of hydrogen-bond acceptors (Lipinski definition) is 4.